The van der Waals surface area contributed by atoms with E-state index in [1.54, 1.807) is 14.0 Å². The Morgan fingerprint density at radius 2 is 2.00 bits per heavy atom. The van der Waals surface area contributed by atoms with Crippen molar-refractivity contribution in [2.45, 2.75) is 19.4 Å². The van der Waals surface area contributed by atoms with Crippen molar-refractivity contribution in [1.82, 2.24) is 0 Å². The second-order valence-electron chi connectivity index (χ2n) is 4.17. The SMILES string of the molecule is COCCOCCCOc1ccc(F)cc1C(C)O. The van der Waals surface area contributed by atoms with E-state index in [0.29, 0.717) is 37.7 Å². The fourth-order valence-electron chi connectivity index (χ4n) is 1.56. The molecule has 1 N–H and O–H groups in total. The molecule has 1 aromatic carbocycles. The number of aliphatic hydroxyl groups is 1. The van der Waals surface area contributed by atoms with Crippen LogP contribution in [0.2, 0.25) is 0 Å². The molecule has 0 aliphatic rings. The first-order valence-electron chi connectivity index (χ1n) is 6.32. The maximum Gasteiger partial charge on any atom is 0.125 e. The molecule has 5 heteroatoms. The van der Waals surface area contributed by atoms with Crippen LogP contribution in [0.15, 0.2) is 18.2 Å². The average Bonchev–Trinajstić information content (AvgIpc) is 2.39. The lowest BCUT2D eigenvalue weighted by Gasteiger charge is -2.13. The predicted octanol–water partition coefficient (Wildman–Crippen LogP) is 2.31. The van der Waals surface area contributed by atoms with Crippen molar-refractivity contribution in [1.29, 1.82) is 0 Å². The van der Waals surface area contributed by atoms with Crippen molar-refractivity contribution in [3.63, 3.8) is 0 Å². The van der Waals surface area contributed by atoms with Gasteiger partial charge in [-0.05, 0) is 25.1 Å². The molecule has 0 heterocycles. The minimum atomic E-state index is -0.761. The van der Waals surface area contributed by atoms with Crippen molar-refractivity contribution >= 4 is 0 Å². The zero-order valence-corrected chi connectivity index (χ0v) is 11.4. The van der Waals surface area contributed by atoms with E-state index in [-0.39, 0.29) is 5.82 Å². The number of hydrogen-bond acceptors (Lipinski definition) is 4. The lowest BCUT2D eigenvalue weighted by molar-refractivity contribution is 0.0642. The van der Waals surface area contributed by atoms with Crippen LogP contribution in [0.3, 0.4) is 0 Å². The molecule has 0 saturated heterocycles. The van der Waals surface area contributed by atoms with E-state index in [1.165, 1.54) is 18.2 Å². The van der Waals surface area contributed by atoms with E-state index in [2.05, 4.69) is 0 Å². The van der Waals surface area contributed by atoms with Crippen LogP contribution in [0, 0.1) is 5.82 Å². The van der Waals surface area contributed by atoms with Gasteiger partial charge in [-0.3, -0.25) is 0 Å². The molecule has 19 heavy (non-hydrogen) atoms. The van der Waals surface area contributed by atoms with Crippen LogP contribution in [-0.2, 0) is 9.47 Å². The Morgan fingerprint density at radius 1 is 1.21 bits per heavy atom. The van der Waals surface area contributed by atoms with Crippen LogP contribution >= 0.6 is 0 Å². The van der Waals surface area contributed by atoms with E-state index < -0.39 is 6.10 Å². The van der Waals surface area contributed by atoms with Crippen LogP contribution < -0.4 is 4.74 Å². The van der Waals surface area contributed by atoms with Gasteiger partial charge >= 0.3 is 0 Å². The van der Waals surface area contributed by atoms with Crippen LogP contribution in [0.1, 0.15) is 25.0 Å². The van der Waals surface area contributed by atoms with E-state index in [0.717, 1.165) is 6.42 Å². The summed E-state index contributed by atoms with van der Waals surface area (Å²) in [6, 6.07) is 4.13. The first-order valence-corrected chi connectivity index (χ1v) is 6.32. The molecule has 0 saturated carbocycles. The molecular formula is C14H21FO4. The van der Waals surface area contributed by atoms with Gasteiger partial charge in [0.2, 0.25) is 0 Å². The summed E-state index contributed by atoms with van der Waals surface area (Å²) < 4.78 is 28.7. The van der Waals surface area contributed by atoms with Crippen molar-refractivity contribution in [2.24, 2.45) is 0 Å². The van der Waals surface area contributed by atoms with Gasteiger partial charge in [-0.1, -0.05) is 0 Å². The molecule has 0 amide bonds. The molecular weight excluding hydrogens is 251 g/mol. The number of hydrogen-bond donors (Lipinski definition) is 1. The van der Waals surface area contributed by atoms with Crippen LogP contribution in [0.4, 0.5) is 4.39 Å². The summed E-state index contributed by atoms with van der Waals surface area (Å²) in [5.41, 5.74) is 0.459. The lowest BCUT2D eigenvalue weighted by Crippen LogP contribution is -2.08. The Labute approximate surface area is 113 Å². The Hall–Kier alpha value is -1.17. The van der Waals surface area contributed by atoms with Gasteiger partial charge in [-0.15, -0.1) is 0 Å². The van der Waals surface area contributed by atoms with Gasteiger partial charge in [-0.2, -0.15) is 0 Å². The third-order valence-electron chi connectivity index (χ3n) is 2.54. The standard InChI is InChI=1S/C14H21FO4/c1-11(16)13-10-12(15)4-5-14(13)19-7-3-6-18-9-8-17-2/h4-5,10-11,16H,3,6-9H2,1-2H3. The number of ether oxygens (including phenoxy) is 3. The number of halogens is 1. The number of aliphatic hydroxyl groups excluding tert-OH is 1. The van der Waals surface area contributed by atoms with E-state index in [1.807, 2.05) is 0 Å². The Bertz CT molecular complexity index is 368. The highest BCUT2D eigenvalue weighted by Crippen LogP contribution is 2.25. The van der Waals surface area contributed by atoms with Crippen molar-refractivity contribution in [2.75, 3.05) is 33.5 Å². The maximum absolute atomic E-state index is 13.1. The van der Waals surface area contributed by atoms with Gasteiger partial charge in [0.25, 0.3) is 0 Å². The van der Waals surface area contributed by atoms with E-state index in [4.69, 9.17) is 14.2 Å². The third kappa shape index (κ3) is 6.00. The highest BCUT2D eigenvalue weighted by Gasteiger charge is 2.10. The number of methoxy groups -OCH3 is 1. The van der Waals surface area contributed by atoms with Gasteiger partial charge in [-0.25, -0.2) is 4.39 Å². The predicted molar refractivity (Wildman–Crippen MR) is 69.8 cm³/mol. The van der Waals surface area contributed by atoms with Crippen LogP contribution in [0.5, 0.6) is 5.75 Å². The normalized spacial score (nSPS) is 12.4. The summed E-state index contributed by atoms with van der Waals surface area (Å²) in [6.07, 6.45) is -0.0379. The zero-order chi connectivity index (χ0) is 14.1. The fourth-order valence-corrected chi connectivity index (χ4v) is 1.56. The van der Waals surface area contributed by atoms with Gasteiger partial charge < -0.3 is 19.3 Å². The minimum Gasteiger partial charge on any atom is -0.493 e. The smallest absolute Gasteiger partial charge is 0.125 e. The summed E-state index contributed by atoms with van der Waals surface area (Å²) in [7, 11) is 1.62. The largest absolute Gasteiger partial charge is 0.493 e. The molecule has 108 valence electrons. The first kappa shape index (κ1) is 15.9. The molecule has 0 fully saturated rings. The molecule has 1 atom stereocenters. The zero-order valence-electron chi connectivity index (χ0n) is 11.4. The van der Waals surface area contributed by atoms with Crippen molar-refractivity contribution in [3.8, 4) is 5.75 Å². The van der Waals surface area contributed by atoms with Gasteiger partial charge in [0.15, 0.2) is 0 Å². The summed E-state index contributed by atoms with van der Waals surface area (Å²) >= 11 is 0. The van der Waals surface area contributed by atoms with Crippen molar-refractivity contribution in [3.05, 3.63) is 29.6 Å². The molecule has 0 aliphatic carbocycles. The first-order chi connectivity index (χ1) is 9.15. The third-order valence-corrected chi connectivity index (χ3v) is 2.54. The lowest BCUT2D eigenvalue weighted by atomic mass is 10.1. The van der Waals surface area contributed by atoms with Crippen LogP contribution in [0.25, 0.3) is 0 Å². The highest BCUT2D eigenvalue weighted by molar-refractivity contribution is 5.35. The van der Waals surface area contributed by atoms with E-state index >= 15 is 0 Å². The average molecular weight is 272 g/mol. The molecule has 1 unspecified atom stereocenters. The molecule has 0 bridgehead atoms. The fraction of sp³-hybridized carbons (Fsp3) is 0.571. The number of benzene rings is 1. The van der Waals surface area contributed by atoms with Crippen LogP contribution in [-0.4, -0.2) is 38.6 Å². The minimum absolute atomic E-state index is 0.383. The van der Waals surface area contributed by atoms with Crippen molar-refractivity contribution < 1.29 is 23.7 Å². The Kier molecular flexibility index (Phi) is 7.40. The molecule has 0 aliphatic heterocycles. The maximum atomic E-state index is 13.1. The second-order valence-corrected chi connectivity index (χ2v) is 4.17. The molecule has 0 radical (unpaired) electrons. The summed E-state index contributed by atoms with van der Waals surface area (Å²) in [5, 5.41) is 9.54. The molecule has 4 nitrogen and oxygen atoms in total. The monoisotopic (exact) mass is 272 g/mol. The second kappa shape index (κ2) is 8.85. The van der Waals surface area contributed by atoms with Gasteiger partial charge in [0, 0.05) is 25.7 Å². The number of rotatable bonds is 9. The van der Waals surface area contributed by atoms with E-state index in [9.17, 15) is 9.50 Å². The molecule has 0 aromatic heterocycles. The summed E-state index contributed by atoms with van der Waals surface area (Å²) in [6.45, 7) is 3.75. The summed E-state index contributed by atoms with van der Waals surface area (Å²) in [4.78, 5) is 0. The highest BCUT2D eigenvalue weighted by atomic mass is 19.1. The Balaban J connectivity index is 2.33. The Morgan fingerprint density at radius 3 is 2.68 bits per heavy atom. The topological polar surface area (TPSA) is 47.9 Å². The molecule has 1 rings (SSSR count). The molecule has 0 spiro atoms. The summed E-state index contributed by atoms with van der Waals surface area (Å²) in [5.74, 6) is 0.124. The molecule has 1 aromatic rings. The van der Waals surface area contributed by atoms with Gasteiger partial charge in [0.1, 0.15) is 11.6 Å². The van der Waals surface area contributed by atoms with Gasteiger partial charge in [0.05, 0.1) is 25.9 Å². The quantitative estimate of drug-likeness (QED) is 0.701.